The van der Waals surface area contributed by atoms with Crippen molar-refractivity contribution < 1.29 is 14.6 Å². The minimum Gasteiger partial charge on any atom is -0.497 e. The molecule has 0 fully saturated rings. The average molecular weight is 328 g/mol. The second kappa shape index (κ2) is 9.03. The Kier molecular flexibility index (Phi) is 6.75. The molecule has 5 heteroatoms. The SMILES string of the molecule is COc1ccc(C(O)CN(C)C(=O)CCCc2cccnc2)cc1. The van der Waals surface area contributed by atoms with Gasteiger partial charge >= 0.3 is 0 Å². The van der Waals surface area contributed by atoms with E-state index in [9.17, 15) is 9.90 Å². The van der Waals surface area contributed by atoms with Crippen molar-refractivity contribution in [3.63, 3.8) is 0 Å². The van der Waals surface area contributed by atoms with Crippen LogP contribution in [0.3, 0.4) is 0 Å². The van der Waals surface area contributed by atoms with Gasteiger partial charge < -0.3 is 14.7 Å². The number of aliphatic hydroxyl groups is 1. The third kappa shape index (κ3) is 5.35. The maximum Gasteiger partial charge on any atom is 0.222 e. The van der Waals surface area contributed by atoms with E-state index in [1.807, 2.05) is 30.5 Å². The van der Waals surface area contributed by atoms with Crippen LogP contribution in [0, 0.1) is 0 Å². The van der Waals surface area contributed by atoms with Crippen LogP contribution in [-0.4, -0.2) is 41.6 Å². The number of methoxy groups -OCH3 is 1. The molecule has 0 saturated heterocycles. The Morgan fingerprint density at radius 3 is 2.67 bits per heavy atom. The molecule has 0 saturated carbocycles. The van der Waals surface area contributed by atoms with E-state index in [0.717, 1.165) is 29.7 Å². The maximum atomic E-state index is 12.2. The predicted molar refractivity (Wildman–Crippen MR) is 92.8 cm³/mol. The third-order valence-corrected chi connectivity index (χ3v) is 3.95. The van der Waals surface area contributed by atoms with Gasteiger partial charge in [-0.05, 0) is 42.2 Å². The number of ether oxygens (including phenoxy) is 1. The molecule has 1 unspecified atom stereocenters. The standard InChI is InChI=1S/C19H24N2O3/c1-21(14-18(22)16-8-10-17(24-2)11-9-16)19(23)7-3-5-15-6-4-12-20-13-15/h4,6,8-13,18,22H,3,5,7,14H2,1-2H3. The molecule has 2 aromatic rings. The van der Waals surface area contributed by atoms with E-state index in [1.54, 1.807) is 37.4 Å². The quantitative estimate of drug-likeness (QED) is 0.809. The maximum absolute atomic E-state index is 12.2. The number of nitrogens with zero attached hydrogens (tertiary/aromatic N) is 2. The van der Waals surface area contributed by atoms with Gasteiger partial charge in [-0.25, -0.2) is 0 Å². The van der Waals surface area contributed by atoms with Crippen LogP contribution in [0.2, 0.25) is 0 Å². The van der Waals surface area contributed by atoms with Crippen molar-refractivity contribution in [3.8, 4) is 5.75 Å². The molecule has 1 aromatic carbocycles. The summed E-state index contributed by atoms with van der Waals surface area (Å²) in [6, 6.07) is 11.1. The number of pyridine rings is 1. The van der Waals surface area contributed by atoms with Crippen LogP contribution in [0.25, 0.3) is 0 Å². The molecule has 0 spiro atoms. The summed E-state index contributed by atoms with van der Waals surface area (Å²) in [6.07, 6.45) is 4.91. The average Bonchev–Trinajstić information content (AvgIpc) is 2.62. The zero-order valence-electron chi connectivity index (χ0n) is 14.2. The van der Waals surface area contributed by atoms with Crippen molar-refractivity contribution in [3.05, 3.63) is 59.9 Å². The molecule has 2 rings (SSSR count). The molecule has 0 radical (unpaired) electrons. The zero-order chi connectivity index (χ0) is 17.4. The van der Waals surface area contributed by atoms with Gasteiger partial charge in [0.2, 0.25) is 5.91 Å². The number of aromatic nitrogens is 1. The van der Waals surface area contributed by atoms with Crippen LogP contribution in [0.15, 0.2) is 48.8 Å². The molecule has 1 atom stereocenters. The fraction of sp³-hybridized carbons (Fsp3) is 0.368. The first-order chi connectivity index (χ1) is 11.6. The number of aliphatic hydroxyl groups excluding tert-OH is 1. The number of benzene rings is 1. The number of amides is 1. The van der Waals surface area contributed by atoms with Gasteiger partial charge in [0, 0.05) is 25.9 Å². The Morgan fingerprint density at radius 1 is 1.29 bits per heavy atom. The van der Waals surface area contributed by atoms with E-state index < -0.39 is 6.10 Å². The second-order valence-corrected chi connectivity index (χ2v) is 5.78. The van der Waals surface area contributed by atoms with E-state index in [4.69, 9.17) is 4.74 Å². The molecular formula is C19H24N2O3. The molecule has 0 aliphatic carbocycles. The summed E-state index contributed by atoms with van der Waals surface area (Å²) in [5.74, 6) is 0.775. The van der Waals surface area contributed by atoms with Crippen LogP contribution in [0.4, 0.5) is 0 Å². The van der Waals surface area contributed by atoms with Crippen LogP contribution in [0.1, 0.15) is 30.1 Å². The topological polar surface area (TPSA) is 62.7 Å². The largest absolute Gasteiger partial charge is 0.497 e. The Labute approximate surface area is 142 Å². The molecule has 1 aromatic heterocycles. The minimum atomic E-state index is -0.705. The smallest absolute Gasteiger partial charge is 0.222 e. The van der Waals surface area contributed by atoms with Gasteiger partial charge in [0.1, 0.15) is 5.75 Å². The van der Waals surface area contributed by atoms with Gasteiger partial charge in [-0.3, -0.25) is 9.78 Å². The van der Waals surface area contributed by atoms with Gasteiger partial charge in [-0.15, -0.1) is 0 Å². The summed E-state index contributed by atoms with van der Waals surface area (Å²) in [7, 11) is 3.32. The number of hydrogen-bond donors (Lipinski definition) is 1. The summed E-state index contributed by atoms with van der Waals surface area (Å²) in [5.41, 5.74) is 1.90. The van der Waals surface area contributed by atoms with Crippen LogP contribution in [-0.2, 0) is 11.2 Å². The van der Waals surface area contributed by atoms with Gasteiger partial charge in [-0.2, -0.15) is 0 Å². The highest BCUT2D eigenvalue weighted by Gasteiger charge is 2.15. The van der Waals surface area contributed by atoms with Crippen molar-refractivity contribution >= 4 is 5.91 Å². The molecule has 5 nitrogen and oxygen atoms in total. The number of hydrogen-bond acceptors (Lipinski definition) is 4. The first-order valence-electron chi connectivity index (χ1n) is 8.05. The summed E-state index contributed by atoms with van der Waals surface area (Å²) in [4.78, 5) is 17.8. The lowest BCUT2D eigenvalue weighted by Gasteiger charge is -2.21. The molecule has 0 aliphatic rings. The Hall–Kier alpha value is -2.40. The third-order valence-electron chi connectivity index (χ3n) is 3.95. The van der Waals surface area contributed by atoms with Crippen molar-refractivity contribution in [1.82, 2.24) is 9.88 Å². The van der Waals surface area contributed by atoms with Crippen molar-refractivity contribution in [2.24, 2.45) is 0 Å². The van der Waals surface area contributed by atoms with E-state index in [-0.39, 0.29) is 12.5 Å². The molecule has 0 aliphatic heterocycles. The van der Waals surface area contributed by atoms with Gasteiger partial charge in [0.15, 0.2) is 0 Å². The predicted octanol–water partition coefficient (Wildman–Crippen LogP) is 2.60. The second-order valence-electron chi connectivity index (χ2n) is 5.78. The molecule has 0 bridgehead atoms. The summed E-state index contributed by atoms with van der Waals surface area (Å²) >= 11 is 0. The van der Waals surface area contributed by atoms with E-state index in [0.29, 0.717) is 6.42 Å². The first-order valence-corrected chi connectivity index (χ1v) is 8.05. The highest BCUT2D eigenvalue weighted by molar-refractivity contribution is 5.75. The lowest BCUT2D eigenvalue weighted by Crippen LogP contribution is -2.31. The van der Waals surface area contributed by atoms with Crippen molar-refractivity contribution in [2.75, 3.05) is 20.7 Å². The molecule has 1 amide bonds. The van der Waals surface area contributed by atoms with E-state index in [2.05, 4.69) is 4.98 Å². The molecule has 1 heterocycles. The fourth-order valence-corrected chi connectivity index (χ4v) is 2.47. The number of carbonyl (C=O) groups excluding carboxylic acids is 1. The Bertz CT molecular complexity index is 629. The summed E-state index contributed by atoms with van der Waals surface area (Å²) in [5, 5.41) is 10.3. The number of aryl methyl sites for hydroxylation is 1. The van der Waals surface area contributed by atoms with Gasteiger partial charge in [-0.1, -0.05) is 18.2 Å². The zero-order valence-corrected chi connectivity index (χ0v) is 14.2. The van der Waals surface area contributed by atoms with Crippen LogP contribution >= 0.6 is 0 Å². The van der Waals surface area contributed by atoms with Crippen LogP contribution < -0.4 is 4.74 Å². The highest BCUT2D eigenvalue weighted by atomic mass is 16.5. The fourth-order valence-electron chi connectivity index (χ4n) is 2.47. The van der Waals surface area contributed by atoms with E-state index >= 15 is 0 Å². The summed E-state index contributed by atoms with van der Waals surface area (Å²) in [6.45, 7) is 0.276. The number of carbonyl (C=O) groups is 1. The Morgan fingerprint density at radius 2 is 2.04 bits per heavy atom. The molecular weight excluding hydrogens is 304 g/mol. The summed E-state index contributed by atoms with van der Waals surface area (Å²) < 4.78 is 5.10. The van der Waals surface area contributed by atoms with Crippen molar-refractivity contribution in [1.29, 1.82) is 0 Å². The highest BCUT2D eigenvalue weighted by Crippen LogP contribution is 2.18. The molecule has 1 N–H and O–H groups in total. The first kappa shape index (κ1) is 17.9. The normalized spacial score (nSPS) is 11.8. The van der Waals surface area contributed by atoms with Crippen LogP contribution in [0.5, 0.6) is 5.75 Å². The van der Waals surface area contributed by atoms with E-state index in [1.165, 1.54) is 0 Å². The number of rotatable bonds is 8. The van der Waals surface area contributed by atoms with Gasteiger partial charge in [0.25, 0.3) is 0 Å². The minimum absolute atomic E-state index is 0.0338. The molecule has 128 valence electrons. The number of likely N-dealkylation sites (N-methyl/N-ethyl adjacent to an activating group) is 1. The lowest BCUT2D eigenvalue weighted by molar-refractivity contribution is -0.131. The lowest BCUT2D eigenvalue weighted by atomic mass is 10.1. The Balaban J connectivity index is 1.77. The monoisotopic (exact) mass is 328 g/mol. The van der Waals surface area contributed by atoms with Gasteiger partial charge in [0.05, 0.1) is 19.8 Å². The van der Waals surface area contributed by atoms with Crippen molar-refractivity contribution in [2.45, 2.75) is 25.4 Å². The molecule has 24 heavy (non-hydrogen) atoms.